The number of anilines is 2. The largest absolute Gasteiger partial charge is 0.341 e. The van der Waals surface area contributed by atoms with Crippen molar-refractivity contribution in [2.75, 3.05) is 29.9 Å². The first kappa shape index (κ1) is 28.5. The first-order chi connectivity index (χ1) is 20.9. The smallest absolute Gasteiger partial charge is 0.290 e. The van der Waals surface area contributed by atoms with Crippen molar-refractivity contribution >= 4 is 57.4 Å². The minimum atomic E-state index is -0.395. The van der Waals surface area contributed by atoms with E-state index in [4.69, 9.17) is 4.98 Å². The van der Waals surface area contributed by atoms with E-state index in [1.165, 1.54) is 6.92 Å². The summed E-state index contributed by atoms with van der Waals surface area (Å²) in [6.45, 7) is 4.72. The van der Waals surface area contributed by atoms with Gasteiger partial charge in [0.25, 0.3) is 11.1 Å². The second kappa shape index (κ2) is 12.7. The van der Waals surface area contributed by atoms with Crippen molar-refractivity contribution in [1.29, 1.82) is 0 Å². The Morgan fingerprint density at radius 3 is 2.70 bits per heavy atom. The van der Waals surface area contributed by atoms with E-state index in [1.807, 2.05) is 42.5 Å². The molecule has 2 aromatic heterocycles. The average Bonchev–Trinajstić information content (AvgIpc) is 3.32. The van der Waals surface area contributed by atoms with Gasteiger partial charge in [0.2, 0.25) is 11.9 Å². The van der Waals surface area contributed by atoms with Crippen molar-refractivity contribution in [3.05, 3.63) is 83.0 Å². The summed E-state index contributed by atoms with van der Waals surface area (Å²) in [6, 6.07) is 19.8. The molecule has 0 atom stereocenters. The zero-order chi connectivity index (χ0) is 29.8. The SMILES string of the molecule is CC(=O)Nc1cccc(-c2nc3ccccc3cc2CNCC2CCN(c3nccc(/C=C4\SC(=O)NC4=O)n3)CC2)c1. The monoisotopic (exact) mass is 593 g/mol. The summed E-state index contributed by atoms with van der Waals surface area (Å²) < 4.78 is 0. The van der Waals surface area contributed by atoms with Gasteiger partial charge in [0.15, 0.2) is 0 Å². The standard InChI is InChI=1S/C32H31N7O3S/c1-20(40)35-25-7-4-6-23(16-25)29-24(15-22-5-2-3-8-27(22)37-29)19-33-18-21-10-13-39(14-11-21)31-34-12-9-26(36-31)17-28-30(41)38-32(42)43-28/h2-9,12,15-17,21,33H,10-11,13-14,18-19H2,1H3,(H,35,40)(H,38,41,42)/b28-17-. The van der Waals surface area contributed by atoms with E-state index >= 15 is 0 Å². The zero-order valence-electron chi connectivity index (χ0n) is 23.7. The van der Waals surface area contributed by atoms with Crippen LogP contribution in [-0.2, 0) is 16.1 Å². The number of carbonyl (C=O) groups is 3. The Bertz CT molecular complexity index is 1730. The minimum Gasteiger partial charge on any atom is -0.341 e. The molecule has 11 heteroatoms. The quantitative estimate of drug-likeness (QED) is 0.242. The molecule has 10 nitrogen and oxygen atoms in total. The second-order valence-electron chi connectivity index (χ2n) is 10.6. The van der Waals surface area contributed by atoms with Crippen LogP contribution in [0.4, 0.5) is 16.4 Å². The van der Waals surface area contributed by atoms with Gasteiger partial charge in [0.1, 0.15) is 0 Å². The van der Waals surface area contributed by atoms with Crippen molar-refractivity contribution in [2.45, 2.75) is 26.3 Å². The summed E-state index contributed by atoms with van der Waals surface area (Å²) in [5.41, 5.74) is 5.24. The molecule has 0 unspecified atom stereocenters. The molecular weight excluding hydrogens is 562 g/mol. The topological polar surface area (TPSA) is 129 Å². The van der Waals surface area contributed by atoms with Crippen LogP contribution in [0.1, 0.15) is 31.0 Å². The Balaban J connectivity index is 1.09. The maximum Gasteiger partial charge on any atom is 0.290 e. The molecule has 218 valence electrons. The lowest BCUT2D eigenvalue weighted by molar-refractivity contribution is -0.115. The number of aromatic nitrogens is 3. The number of nitrogens with one attached hydrogen (secondary N) is 3. The van der Waals surface area contributed by atoms with Crippen LogP contribution in [0, 0.1) is 5.92 Å². The molecule has 6 rings (SSSR count). The molecule has 4 aromatic rings. The fourth-order valence-electron chi connectivity index (χ4n) is 5.39. The fraction of sp³-hybridized carbons (Fsp3) is 0.250. The number of fused-ring (bicyclic) bond motifs is 1. The minimum absolute atomic E-state index is 0.108. The summed E-state index contributed by atoms with van der Waals surface area (Å²) in [5, 5.41) is 9.52. The van der Waals surface area contributed by atoms with Gasteiger partial charge in [-0.15, -0.1) is 0 Å². The number of rotatable bonds is 8. The van der Waals surface area contributed by atoms with Gasteiger partial charge in [-0.2, -0.15) is 0 Å². The van der Waals surface area contributed by atoms with Crippen molar-refractivity contribution in [3.63, 3.8) is 0 Å². The molecule has 2 saturated heterocycles. The van der Waals surface area contributed by atoms with Gasteiger partial charge >= 0.3 is 0 Å². The van der Waals surface area contributed by atoms with E-state index in [0.717, 1.165) is 77.6 Å². The first-order valence-electron chi connectivity index (χ1n) is 14.2. The van der Waals surface area contributed by atoms with E-state index in [-0.39, 0.29) is 11.1 Å². The number of nitrogens with zero attached hydrogens (tertiary/aromatic N) is 4. The van der Waals surface area contributed by atoms with Gasteiger partial charge in [0, 0.05) is 49.4 Å². The Morgan fingerprint density at radius 1 is 1.07 bits per heavy atom. The van der Waals surface area contributed by atoms with Crippen LogP contribution in [0.3, 0.4) is 0 Å². The molecule has 4 heterocycles. The zero-order valence-corrected chi connectivity index (χ0v) is 24.5. The molecule has 3 N–H and O–H groups in total. The van der Waals surface area contributed by atoms with Gasteiger partial charge in [-0.3, -0.25) is 19.7 Å². The highest BCUT2D eigenvalue weighted by Crippen LogP contribution is 2.29. The lowest BCUT2D eigenvalue weighted by Crippen LogP contribution is -2.38. The number of thioether (sulfide) groups is 1. The van der Waals surface area contributed by atoms with Gasteiger partial charge in [-0.25, -0.2) is 15.0 Å². The molecule has 2 aliphatic rings. The predicted molar refractivity (Wildman–Crippen MR) is 169 cm³/mol. The van der Waals surface area contributed by atoms with Gasteiger partial charge in [-0.05, 0) is 79.0 Å². The molecule has 2 fully saturated rings. The number of carbonyl (C=O) groups excluding carboxylic acids is 3. The Hall–Kier alpha value is -4.61. The third-order valence-electron chi connectivity index (χ3n) is 7.49. The molecule has 0 aliphatic carbocycles. The molecule has 3 amide bonds. The molecule has 2 aromatic carbocycles. The molecule has 0 bridgehead atoms. The van der Waals surface area contributed by atoms with Crippen molar-refractivity contribution in [2.24, 2.45) is 5.92 Å². The van der Waals surface area contributed by atoms with E-state index in [9.17, 15) is 14.4 Å². The normalized spacial score (nSPS) is 16.6. The third-order valence-corrected chi connectivity index (χ3v) is 8.30. The van der Waals surface area contributed by atoms with Crippen LogP contribution in [0.2, 0.25) is 0 Å². The van der Waals surface area contributed by atoms with Gasteiger partial charge < -0.3 is 15.5 Å². The molecule has 0 spiro atoms. The predicted octanol–water partition coefficient (Wildman–Crippen LogP) is 4.98. The number of benzene rings is 2. The number of piperidine rings is 1. The van der Waals surface area contributed by atoms with Crippen LogP contribution in [0.25, 0.3) is 28.2 Å². The van der Waals surface area contributed by atoms with Gasteiger partial charge in [0.05, 0.1) is 21.8 Å². The highest BCUT2D eigenvalue weighted by Gasteiger charge is 2.26. The highest BCUT2D eigenvalue weighted by atomic mass is 32.2. The maximum absolute atomic E-state index is 11.9. The van der Waals surface area contributed by atoms with E-state index in [2.05, 4.69) is 43.0 Å². The third kappa shape index (κ3) is 6.90. The molecule has 2 aliphatic heterocycles. The number of amides is 3. The number of hydrogen-bond acceptors (Lipinski definition) is 9. The van der Waals surface area contributed by atoms with E-state index in [0.29, 0.717) is 29.0 Å². The van der Waals surface area contributed by atoms with Crippen molar-refractivity contribution in [3.8, 4) is 11.3 Å². The Kier molecular flexibility index (Phi) is 8.43. The number of para-hydroxylation sites is 1. The average molecular weight is 594 g/mol. The van der Waals surface area contributed by atoms with Crippen molar-refractivity contribution < 1.29 is 14.4 Å². The number of imide groups is 1. The van der Waals surface area contributed by atoms with Gasteiger partial charge in [-0.1, -0.05) is 30.3 Å². The highest BCUT2D eigenvalue weighted by molar-refractivity contribution is 8.18. The molecule has 0 radical (unpaired) electrons. The molecular formula is C32H31N7O3S. The van der Waals surface area contributed by atoms with Crippen LogP contribution in [0.15, 0.2) is 71.8 Å². The Morgan fingerprint density at radius 2 is 1.91 bits per heavy atom. The van der Waals surface area contributed by atoms with E-state index in [1.54, 1.807) is 18.3 Å². The van der Waals surface area contributed by atoms with Crippen LogP contribution in [0.5, 0.6) is 0 Å². The van der Waals surface area contributed by atoms with Crippen LogP contribution >= 0.6 is 11.8 Å². The summed E-state index contributed by atoms with van der Waals surface area (Å²) in [7, 11) is 0. The molecule has 43 heavy (non-hydrogen) atoms. The summed E-state index contributed by atoms with van der Waals surface area (Å²) in [5.74, 6) is 0.631. The first-order valence-corrected chi connectivity index (χ1v) is 15.0. The van der Waals surface area contributed by atoms with Crippen molar-refractivity contribution in [1.82, 2.24) is 25.6 Å². The summed E-state index contributed by atoms with van der Waals surface area (Å²) in [6.07, 6.45) is 5.30. The second-order valence-corrected chi connectivity index (χ2v) is 11.7. The van der Waals surface area contributed by atoms with Crippen LogP contribution < -0.4 is 20.9 Å². The number of hydrogen-bond donors (Lipinski definition) is 3. The summed E-state index contributed by atoms with van der Waals surface area (Å²) >= 11 is 0.880. The Labute approximate surface area is 253 Å². The number of pyridine rings is 1. The van der Waals surface area contributed by atoms with Crippen LogP contribution in [-0.4, -0.2) is 51.6 Å². The van der Waals surface area contributed by atoms with E-state index < -0.39 is 5.91 Å². The summed E-state index contributed by atoms with van der Waals surface area (Å²) in [4.78, 5) is 51.5. The lowest BCUT2D eigenvalue weighted by Gasteiger charge is -2.32. The molecule has 0 saturated carbocycles. The maximum atomic E-state index is 11.9. The lowest BCUT2D eigenvalue weighted by atomic mass is 9.96. The fourth-order valence-corrected chi connectivity index (χ4v) is 6.06.